The molecule has 0 saturated heterocycles. The zero-order chi connectivity index (χ0) is 20.5. The van der Waals surface area contributed by atoms with E-state index in [0.717, 1.165) is 27.8 Å². The Kier molecular flexibility index (Phi) is 4.93. The summed E-state index contributed by atoms with van der Waals surface area (Å²) in [6.07, 6.45) is 3.49. The number of benzene rings is 2. The second-order valence-corrected chi connectivity index (χ2v) is 7.40. The Bertz CT molecular complexity index is 1110. The summed E-state index contributed by atoms with van der Waals surface area (Å²) in [6, 6.07) is 15.7. The highest BCUT2D eigenvalue weighted by atomic mass is 19.1. The van der Waals surface area contributed by atoms with Crippen molar-refractivity contribution >= 4 is 17.6 Å². The van der Waals surface area contributed by atoms with Crippen LogP contribution in [0.2, 0.25) is 0 Å². The van der Waals surface area contributed by atoms with E-state index in [1.807, 2.05) is 44.2 Å². The van der Waals surface area contributed by atoms with E-state index in [1.165, 1.54) is 12.1 Å². The van der Waals surface area contributed by atoms with Crippen molar-refractivity contribution < 1.29 is 14.0 Å². The van der Waals surface area contributed by atoms with Crippen LogP contribution in [-0.4, -0.2) is 16.6 Å². The monoisotopic (exact) mass is 385 g/mol. The lowest BCUT2D eigenvalue weighted by atomic mass is 9.86. The quantitative estimate of drug-likeness (QED) is 0.459. The lowest BCUT2D eigenvalue weighted by molar-refractivity contribution is -0.123. The van der Waals surface area contributed by atoms with Crippen molar-refractivity contribution in [1.29, 1.82) is 0 Å². The normalized spacial score (nSPS) is 17.9. The van der Waals surface area contributed by atoms with Crippen molar-refractivity contribution in [2.24, 2.45) is 0 Å². The first kappa shape index (κ1) is 18.9. The van der Waals surface area contributed by atoms with Crippen LogP contribution < -0.4 is 0 Å². The largest absolute Gasteiger partial charge is 0.298 e. The Morgan fingerprint density at radius 1 is 0.966 bits per heavy atom. The Morgan fingerprint density at radius 3 is 2.28 bits per heavy atom. The molecule has 0 bridgehead atoms. The van der Waals surface area contributed by atoms with Crippen LogP contribution in [0.25, 0.3) is 17.2 Å². The molecule has 0 amide bonds. The Balaban J connectivity index is 1.71. The minimum Gasteiger partial charge on any atom is -0.298 e. The number of ketones is 2. The molecule has 2 aromatic carbocycles. The summed E-state index contributed by atoms with van der Waals surface area (Å²) in [5.74, 6) is -1.29. The Labute approximate surface area is 168 Å². The van der Waals surface area contributed by atoms with Crippen LogP contribution in [0.5, 0.6) is 0 Å². The first-order valence-electron chi connectivity index (χ1n) is 9.49. The van der Waals surface area contributed by atoms with Gasteiger partial charge in [0.2, 0.25) is 0 Å². The van der Waals surface area contributed by atoms with Crippen molar-refractivity contribution in [3.8, 4) is 11.1 Å². The number of aryl methyl sites for hydroxylation is 2. The third-order valence-corrected chi connectivity index (χ3v) is 5.34. The number of nitrogens with zero attached hydrogens (tertiary/aromatic N) is 1. The average molecular weight is 385 g/mol. The molecule has 3 aromatic rings. The van der Waals surface area contributed by atoms with Crippen molar-refractivity contribution in [1.82, 2.24) is 4.98 Å². The molecule has 3 nitrogen and oxygen atoms in total. The summed E-state index contributed by atoms with van der Waals surface area (Å²) in [5, 5.41) is 0. The zero-order valence-electron chi connectivity index (χ0n) is 16.3. The highest BCUT2D eigenvalue weighted by Crippen LogP contribution is 2.37. The number of hydrogen-bond acceptors (Lipinski definition) is 3. The molecule has 4 heteroatoms. The van der Waals surface area contributed by atoms with Crippen molar-refractivity contribution in [3.63, 3.8) is 0 Å². The maximum absolute atomic E-state index is 13.2. The molecule has 1 aliphatic rings. The van der Waals surface area contributed by atoms with Crippen LogP contribution in [0.15, 0.2) is 66.4 Å². The zero-order valence-corrected chi connectivity index (χ0v) is 16.3. The van der Waals surface area contributed by atoms with E-state index in [1.54, 1.807) is 24.4 Å². The molecule has 144 valence electrons. The van der Waals surface area contributed by atoms with Gasteiger partial charge >= 0.3 is 0 Å². The number of Topliss-reactive ketones (excluding diaryl/α,β-unsaturated/α-hetero) is 2. The Morgan fingerprint density at radius 2 is 1.66 bits per heavy atom. The second-order valence-electron chi connectivity index (χ2n) is 7.40. The van der Waals surface area contributed by atoms with Crippen LogP contribution in [0.4, 0.5) is 4.39 Å². The maximum Gasteiger partial charge on any atom is 0.174 e. The van der Waals surface area contributed by atoms with E-state index in [-0.39, 0.29) is 23.8 Å². The molecule has 1 heterocycles. The van der Waals surface area contributed by atoms with Gasteiger partial charge in [-0.2, -0.15) is 0 Å². The summed E-state index contributed by atoms with van der Waals surface area (Å²) in [6.45, 7) is 3.83. The number of allylic oxidation sites excluding steroid dienone is 1. The summed E-state index contributed by atoms with van der Waals surface area (Å²) in [5.41, 5.74) is 5.54. The molecular formula is C25H20FNO2. The molecule has 0 aliphatic heterocycles. The van der Waals surface area contributed by atoms with Gasteiger partial charge in [0, 0.05) is 18.2 Å². The smallest absolute Gasteiger partial charge is 0.174 e. The Hall–Kier alpha value is -3.40. The fraction of sp³-hybridized carbons (Fsp3) is 0.160. The summed E-state index contributed by atoms with van der Waals surface area (Å²) in [7, 11) is 0. The van der Waals surface area contributed by atoms with E-state index in [2.05, 4.69) is 4.98 Å². The molecule has 1 aromatic heterocycles. The fourth-order valence-electron chi connectivity index (χ4n) is 4.00. The van der Waals surface area contributed by atoms with Gasteiger partial charge in [-0.05, 0) is 72.0 Å². The number of pyridine rings is 1. The van der Waals surface area contributed by atoms with Crippen LogP contribution in [0, 0.1) is 19.7 Å². The summed E-state index contributed by atoms with van der Waals surface area (Å²) in [4.78, 5) is 30.0. The molecule has 0 spiro atoms. The van der Waals surface area contributed by atoms with Gasteiger partial charge in [-0.25, -0.2) is 4.39 Å². The molecule has 1 atom stereocenters. The molecule has 4 rings (SSSR count). The topological polar surface area (TPSA) is 47.0 Å². The SMILES string of the molecule is Cc1cc(-c2ccc(F)cc2)cc(C)c1C1C(=O)CC(=Cc2ccccn2)C1=O. The van der Waals surface area contributed by atoms with E-state index < -0.39 is 5.92 Å². The van der Waals surface area contributed by atoms with Gasteiger partial charge in [0.15, 0.2) is 11.6 Å². The van der Waals surface area contributed by atoms with Gasteiger partial charge in [-0.1, -0.05) is 30.3 Å². The minimum absolute atomic E-state index is 0.0853. The fourth-order valence-corrected chi connectivity index (χ4v) is 4.00. The molecule has 0 radical (unpaired) electrons. The van der Waals surface area contributed by atoms with Crippen molar-refractivity contribution in [3.05, 3.63) is 94.6 Å². The lowest BCUT2D eigenvalue weighted by Crippen LogP contribution is -2.15. The number of rotatable bonds is 3. The van der Waals surface area contributed by atoms with Crippen LogP contribution >= 0.6 is 0 Å². The van der Waals surface area contributed by atoms with Crippen LogP contribution in [0.1, 0.15) is 34.7 Å². The highest BCUT2D eigenvalue weighted by molar-refractivity contribution is 6.24. The van der Waals surface area contributed by atoms with E-state index in [9.17, 15) is 14.0 Å². The summed E-state index contributed by atoms with van der Waals surface area (Å²) >= 11 is 0. The third-order valence-electron chi connectivity index (χ3n) is 5.34. The molecule has 0 N–H and O–H groups in total. The van der Waals surface area contributed by atoms with E-state index >= 15 is 0 Å². The van der Waals surface area contributed by atoms with Crippen LogP contribution in [0.3, 0.4) is 0 Å². The number of aromatic nitrogens is 1. The highest BCUT2D eigenvalue weighted by Gasteiger charge is 2.39. The van der Waals surface area contributed by atoms with Gasteiger partial charge in [-0.3, -0.25) is 14.6 Å². The molecule has 29 heavy (non-hydrogen) atoms. The number of halogens is 1. The average Bonchev–Trinajstić information content (AvgIpc) is 2.96. The third kappa shape index (κ3) is 3.66. The molecular weight excluding hydrogens is 365 g/mol. The van der Waals surface area contributed by atoms with Gasteiger partial charge in [-0.15, -0.1) is 0 Å². The van der Waals surface area contributed by atoms with Crippen LogP contribution in [-0.2, 0) is 9.59 Å². The maximum atomic E-state index is 13.2. The first-order valence-corrected chi connectivity index (χ1v) is 9.49. The van der Waals surface area contributed by atoms with Gasteiger partial charge in [0.25, 0.3) is 0 Å². The lowest BCUT2D eigenvalue weighted by Gasteiger charge is -2.16. The first-order chi connectivity index (χ1) is 13.9. The van der Waals surface area contributed by atoms with Gasteiger partial charge in [0.1, 0.15) is 11.7 Å². The minimum atomic E-state index is -0.771. The van der Waals surface area contributed by atoms with E-state index in [4.69, 9.17) is 0 Å². The van der Waals surface area contributed by atoms with Crippen molar-refractivity contribution in [2.75, 3.05) is 0 Å². The molecule has 1 saturated carbocycles. The van der Waals surface area contributed by atoms with Crippen molar-refractivity contribution in [2.45, 2.75) is 26.2 Å². The predicted octanol–water partition coefficient (Wildman–Crippen LogP) is 5.21. The standard InChI is InChI=1S/C25H20FNO2/c1-15-11-18(17-6-8-20(26)9-7-17)12-16(2)23(15)24-22(28)14-19(25(24)29)13-21-5-3-4-10-27-21/h3-13,24H,14H2,1-2H3. The summed E-state index contributed by atoms with van der Waals surface area (Å²) < 4.78 is 13.2. The number of carbonyl (C=O) groups is 2. The number of carbonyl (C=O) groups excluding carboxylic acids is 2. The molecule has 1 fully saturated rings. The molecule has 1 unspecified atom stereocenters. The van der Waals surface area contributed by atoms with Gasteiger partial charge in [0.05, 0.1) is 5.69 Å². The number of hydrogen-bond donors (Lipinski definition) is 0. The molecule has 1 aliphatic carbocycles. The second kappa shape index (κ2) is 7.55. The predicted molar refractivity (Wildman–Crippen MR) is 111 cm³/mol. The van der Waals surface area contributed by atoms with Gasteiger partial charge < -0.3 is 0 Å². The van der Waals surface area contributed by atoms with E-state index in [0.29, 0.717) is 11.3 Å².